The fourth-order valence-corrected chi connectivity index (χ4v) is 4.55. The number of esters is 2. The number of methoxy groups -OCH3 is 2. The monoisotopic (exact) mass is 468 g/mol. The molecule has 4 rings (SSSR count). The zero-order chi connectivity index (χ0) is 23.7. The van der Waals surface area contributed by atoms with Crippen LogP contribution in [-0.2, 0) is 44.7 Å². The smallest absolute Gasteiger partial charge is 0.309 e. The Hall–Kier alpha value is -2.81. The van der Waals surface area contributed by atoms with Gasteiger partial charge in [0.2, 0.25) is 0 Å². The molecule has 1 N–H and O–H groups in total. The van der Waals surface area contributed by atoms with E-state index in [1.807, 2.05) is 0 Å². The highest BCUT2D eigenvalue weighted by Crippen LogP contribution is 2.33. The number of nitrogens with one attached hydrogen (secondary N) is 1. The Bertz CT molecular complexity index is 1150. The fourth-order valence-electron chi connectivity index (χ4n) is 4.31. The minimum absolute atomic E-state index is 0.123. The topological polar surface area (TPSA) is 98.4 Å². The highest BCUT2D eigenvalue weighted by atomic mass is 35.5. The Labute approximate surface area is 188 Å². The van der Waals surface area contributed by atoms with E-state index in [0.717, 1.165) is 11.1 Å². The average Bonchev–Trinajstić information content (AvgIpc) is 3.41. The summed E-state index contributed by atoms with van der Waals surface area (Å²) in [7, 11) is 2.64. The maximum absolute atomic E-state index is 13.7. The summed E-state index contributed by atoms with van der Waals surface area (Å²) in [6.07, 6.45) is 1.51. The molecule has 2 unspecified atom stereocenters. The Morgan fingerprint density at radius 1 is 0.906 bits per heavy atom. The van der Waals surface area contributed by atoms with Crippen LogP contribution in [0.2, 0.25) is 5.15 Å². The van der Waals surface area contributed by atoms with Crippen LogP contribution in [0, 0.1) is 37.3 Å². The molecule has 0 fully saturated rings. The van der Waals surface area contributed by atoms with Gasteiger partial charge in [-0.1, -0.05) is 11.6 Å². The van der Waals surface area contributed by atoms with Crippen molar-refractivity contribution in [3.8, 4) is 0 Å². The van der Waals surface area contributed by atoms with Gasteiger partial charge in [-0.2, -0.15) is 0 Å². The number of aryl methyl sites for hydroxylation is 2. The average molecular weight is 469 g/mol. The molecule has 2 aromatic rings. The molecule has 0 amide bonds. The van der Waals surface area contributed by atoms with Gasteiger partial charge in [0.25, 0.3) is 5.56 Å². The van der Waals surface area contributed by atoms with E-state index in [1.54, 1.807) is 13.8 Å². The number of nitrogens with zero attached hydrogens (tertiary/aromatic N) is 1. The third-order valence-electron chi connectivity index (χ3n) is 5.97. The SMILES string of the molecule is COC(=O)C1Cc2c(C)[nH]c(=O)c(F)c2C1.COC(=O)C1Cc2c(C)nc(Cl)c(F)c2C1. The number of halogens is 3. The molecular formula is C22H23ClF2N2O5. The van der Waals surface area contributed by atoms with Gasteiger partial charge in [0.15, 0.2) is 16.8 Å². The number of carbonyl (C=O) groups excluding carboxylic acids is 2. The van der Waals surface area contributed by atoms with Gasteiger partial charge in [-0.05, 0) is 61.8 Å². The van der Waals surface area contributed by atoms with Gasteiger partial charge in [0, 0.05) is 11.4 Å². The van der Waals surface area contributed by atoms with Crippen LogP contribution in [0.25, 0.3) is 0 Å². The molecular weight excluding hydrogens is 446 g/mol. The van der Waals surface area contributed by atoms with Crippen LogP contribution in [0.5, 0.6) is 0 Å². The zero-order valence-electron chi connectivity index (χ0n) is 18.1. The normalized spacial score (nSPS) is 18.3. The summed E-state index contributed by atoms with van der Waals surface area (Å²) in [5, 5.41) is -0.123. The highest BCUT2D eigenvalue weighted by Gasteiger charge is 2.33. The minimum Gasteiger partial charge on any atom is -0.469 e. The van der Waals surface area contributed by atoms with Crippen LogP contribution in [0.3, 0.4) is 0 Å². The van der Waals surface area contributed by atoms with Crippen LogP contribution in [-0.4, -0.2) is 36.1 Å². The van der Waals surface area contributed by atoms with Crippen LogP contribution >= 0.6 is 11.6 Å². The van der Waals surface area contributed by atoms with Gasteiger partial charge in [0.05, 0.1) is 26.1 Å². The lowest BCUT2D eigenvalue weighted by Crippen LogP contribution is -2.16. The summed E-state index contributed by atoms with van der Waals surface area (Å²) in [5.41, 5.74) is 2.98. The molecule has 2 aromatic heterocycles. The van der Waals surface area contributed by atoms with Crippen LogP contribution in [0.1, 0.15) is 33.6 Å². The summed E-state index contributed by atoms with van der Waals surface area (Å²) in [6.45, 7) is 3.48. The molecule has 0 aromatic carbocycles. The number of pyridine rings is 2. The second-order valence-electron chi connectivity index (χ2n) is 7.87. The predicted molar refractivity (Wildman–Crippen MR) is 112 cm³/mol. The lowest BCUT2D eigenvalue weighted by molar-refractivity contribution is -0.145. The van der Waals surface area contributed by atoms with Gasteiger partial charge in [-0.25, -0.2) is 13.8 Å². The number of carbonyl (C=O) groups is 2. The number of hydrogen-bond donors (Lipinski definition) is 1. The number of fused-ring (bicyclic) bond motifs is 2. The van der Waals surface area contributed by atoms with E-state index in [9.17, 15) is 23.2 Å². The molecule has 0 spiro atoms. The van der Waals surface area contributed by atoms with E-state index < -0.39 is 17.2 Å². The summed E-state index contributed by atoms with van der Waals surface area (Å²) in [5.74, 6) is -2.63. The molecule has 0 saturated carbocycles. The van der Waals surface area contributed by atoms with E-state index in [2.05, 4.69) is 19.4 Å². The number of aromatic nitrogens is 2. The van der Waals surface area contributed by atoms with Crippen molar-refractivity contribution < 1.29 is 27.8 Å². The number of H-pyrrole nitrogens is 1. The van der Waals surface area contributed by atoms with Gasteiger partial charge in [-0.3, -0.25) is 14.4 Å². The van der Waals surface area contributed by atoms with Crippen molar-refractivity contribution in [3.05, 3.63) is 60.8 Å². The van der Waals surface area contributed by atoms with Crippen LogP contribution in [0.15, 0.2) is 4.79 Å². The Morgan fingerprint density at radius 3 is 1.91 bits per heavy atom. The van der Waals surface area contributed by atoms with Crippen LogP contribution < -0.4 is 5.56 Å². The first-order valence-electron chi connectivity index (χ1n) is 9.98. The molecule has 2 aliphatic carbocycles. The molecule has 0 radical (unpaired) electrons. The maximum atomic E-state index is 13.7. The first kappa shape index (κ1) is 23.8. The second-order valence-corrected chi connectivity index (χ2v) is 8.22. The highest BCUT2D eigenvalue weighted by molar-refractivity contribution is 6.29. The first-order valence-corrected chi connectivity index (χ1v) is 10.4. The van der Waals surface area contributed by atoms with Crippen molar-refractivity contribution in [2.24, 2.45) is 11.8 Å². The van der Waals surface area contributed by atoms with Crippen molar-refractivity contribution in [2.75, 3.05) is 14.2 Å². The molecule has 2 atom stereocenters. The van der Waals surface area contributed by atoms with E-state index in [4.69, 9.17) is 11.6 Å². The molecule has 2 aliphatic rings. The minimum atomic E-state index is -0.771. The van der Waals surface area contributed by atoms with Crippen molar-refractivity contribution in [1.82, 2.24) is 9.97 Å². The number of aromatic amines is 1. The molecule has 32 heavy (non-hydrogen) atoms. The third-order valence-corrected chi connectivity index (χ3v) is 6.22. The molecule has 0 bridgehead atoms. The molecule has 2 heterocycles. The maximum Gasteiger partial charge on any atom is 0.309 e. The van der Waals surface area contributed by atoms with E-state index >= 15 is 0 Å². The van der Waals surface area contributed by atoms with E-state index in [0.29, 0.717) is 41.8 Å². The summed E-state index contributed by atoms with van der Waals surface area (Å²) in [4.78, 5) is 40.3. The zero-order valence-corrected chi connectivity index (χ0v) is 18.9. The molecule has 172 valence electrons. The van der Waals surface area contributed by atoms with Gasteiger partial charge in [0.1, 0.15) is 0 Å². The Kier molecular flexibility index (Phi) is 6.97. The standard InChI is InChI=1S/C11H11ClFNO2.C11H12FNO3/c1-5-7-3-6(11(15)16-2)4-8(7)9(13)10(12)14-5;1-5-7-3-6(11(15)16-2)4-8(7)9(12)10(14)13-5/h6H,3-4H2,1-2H3;6H,3-4H2,1-2H3,(H,13,14). The number of hydrogen-bond acceptors (Lipinski definition) is 6. The lowest BCUT2D eigenvalue weighted by atomic mass is 10.1. The Balaban J connectivity index is 0.000000181. The van der Waals surface area contributed by atoms with E-state index in [-0.39, 0.29) is 35.3 Å². The first-order chi connectivity index (χ1) is 15.1. The second kappa shape index (κ2) is 9.36. The summed E-state index contributed by atoms with van der Waals surface area (Å²) >= 11 is 5.66. The van der Waals surface area contributed by atoms with Crippen molar-refractivity contribution in [2.45, 2.75) is 39.5 Å². The quantitative estimate of drug-likeness (QED) is 0.537. The van der Waals surface area contributed by atoms with Crippen molar-refractivity contribution >= 4 is 23.5 Å². The molecule has 0 aliphatic heterocycles. The summed E-state index contributed by atoms with van der Waals surface area (Å²) < 4.78 is 36.5. The Morgan fingerprint density at radius 2 is 1.38 bits per heavy atom. The van der Waals surface area contributed by atoms with Crippen molar-refractivity contribution in [3.63, 3.8) is 0 Å². The molecule has 10 heteroatoms. The van der Waals surface area contributed by atoms with Crippen LogP contribution in [0.4, 0.5) is 8.78 Å². The van der Waals surface area contributed by atoms with Crippen molar-refractivity contribution in [1.29, 1.82) is 0 Å². The third kappa shape index (κ3) is 4.39. The predicted octanol–water partition coefficient (Wildman–Crippen LogP) is 2.78. The van der Waals surface area contributed by atoms with Gasteiger partial charge < -0.3 is 14.5 Å². The largest absolute Gasteiger partial charge is 0.469 e. The lowest BCUT2D eigenvalue weighted by Gasteiger charge is -2.04. The fraction of sp³-hybridized carbons (Fsp3) is 0.455. The number of rotatable bonds is 2. The number of ether oxygens (including phenoxy) is 2. The van der Waals surface area contributed by atoms with Gasteiger partial charge in [-0.15, -0.1) is 0 Å². The van der Waals surface area contributed by atoms with E-state index in [1.165, 1.54) is 14.2 Å². The van der Waals surface area contributed by atoms with Gasteiger partial charge >= 0.3 is 11.9 Å². The summed E-state index contributed by atoms with van der Waals surface area (Å²) in [6, 6.07) is 0. The molecule has 7 nitrogen and oxygen atoms in total. The molecule has 0 saturated heterocycles.